The van der Waals surface area contributed by atoms with E-state index < -0.39 is 11.7 Å². The molecular weight excluding hydrogens is 433 g/mol. The van der Waals surface area contributed by atoms with E-state index in [9.17, 15) is 18.0 Å². The van der Waals surface area contributed by atoms with E-state index in [1.807, 2.05) is 12.1 Å². The molecular formula is C24H21F3N4O2. The van der Waals surface area contributed by atoms with Crippen molar-refractivity contribution in [2.75, 3.05) is 5.32 Å². The minimum Gasteiger partial charge on any atom is -0.439 e. The van der Waals surface area contributed by atoms with Gasteiger partial charge in [-0.15, -0.1) is 0 Å². The molecule has 33 heavy (non-hydrogen) atoms. The number of aromatic nitrogens is 3. The third kappa shape index (κ3) is 6.15. The molecule has 0 aliphatic heterocycles. The van der Waals surface area contributed by atoms with Crippen molar-refractivity contribution < 1.29 is 22.7 Å². The van der Waals surface area contributed by atoms with Crippen molar-refractivity contribution in [2.45, 2.75) is 31.9 Å². The molecule has 0 spiro atoms. The van der Waals surface area contributed by atoms with Crippen molar-refractivity contribution in [3.05, 3.63) is 77.8 Å². The number of allylic oxidation sites excluding steroid dienone is 1. The van der Waals surface area contributed by atoms with Crippen LogP contribution in [0.25, 0.3) is 6.08 Å². The molecule has 1 fully saturated rings. The number of amides is 1. The molecule has 1 aliphatic carbocycles. The predicted octanol–water partition coefficient (Wildman–Crippen LogP) is 5.90. The maximum atomic E-state index is 12.7. The Morgan fingerprint density at radius 1 is 1.09 bits per heavy atom. The lowest BCUT2D eigenvalue weighted by molar-refractivity contribution is -0.137. The molecule has 1 aromatic carbocycles. The summed E-state index contributed by atoms with van der Waals surface area (Å²) >= 11 is 0. The molecule has 6 nitrogen and oxygen atoms in total. The molecule has 1 N–H and O–H groups in total. The lowest BCUT2D eigenvalue weighted by Gasteiger charge is -2.23. The molecule has 2 heterocycles. The number of carbonyl (C=O) groups excluding carboxylic acids is 1. The fourth-order valence-corrected chi connectivity index (χ4v) is 3.66. The number of nitrogens with zero attached hydrogens (tertiary/aromatic N) is 3. The van der Waals surface area contributed by atoms with Crippen molar-refractivity contribution in [2.24, 2.45) is 5.92 Å². The Labute approximate surface area is 188 Å². The number of halogens is 3. The van der Waals surface area contributed by atoms with Gasteiger partial charge in [0, 0.05) is 30.6 Å². The van der Waals surface area contributed by atoms with Crippen LogP contribution >= 0.6 is 0 Å². The van der Waals surface area contributed by atoms with Crippen molar-refractivity contribution in [1.29, 1.82) is 0 Å². The van der Waals surface area contributed by atoms with E-state index in [4.69, 9.17) is 4.74 Å². The highest BCUT2D eigenvalue weighted by molar-refractivity contribution is 5.91. The smallest absolute Gasteiger partial charge is 0.417 e. The first-order chi connectivity index (χ1) is 15.9. The number of ether oxygens (including phenoxy) is 1. The number of hydrogen-bond acceptors (Lipinski definition) is 5. The molecule has 1 atom stereocenters. The summed E-state index contributed by atoms with van der Waals surface area (Å²) in [6.45, 7) is 0. The van der Waals surface area contributed by atoms with Crippen LogP contribution in [-0.4, -0.2) is 20.9 Å². The van der Waals surface area contributed by atoms with Gasteiger partial charge in [-0.05, 0) is 55.5 Å². The Hall–Kier alpha value is -3.75. The third-order valence-electron chi connectivity index (χ3n) is 5.25. The van der Waals surface area contributed by atoms with Gasteiger partial charge >= 0.3 is 6.18 Å². The summed E-state index contributed by atoms with van der Waals surface area (Å²) in [6, 6.07) is 11.0. The number of benzene rings is 1. The summed E-state index contributed by atoms with van der Waals surface area (Å²) in [5.41, 5.74) is 1.19. The average Bonchev–Trinajstić information content (AvgIpc) is 2.80. The first-order valence-corrected chi connectivity index (χ1v) is 10.5. The van der Waals surface area contributed by atoms with Gasteiger partial charge in [-0.25, -0.2) is 15.0 Å². The minimum atomic E-state index is -4.44. The predicted molar refractivity (Wildman–Crippen MR) is 116 cm³/mol. The lowest BCUT2D eigenvalue weighted by Crippen LogP contribution is -2.26. The Kier molecular flexibility index (Phi) is 6.67. The van der Waals surface area contributed by atoms with E-state index in [0.29, 0.717) is 18.1 Å². The Bertz CT molecular complexity index is 1130. The van der Waals surface area contributed by atoms with E-state index in [1.54, 1.807) is 36.7 Å². The fourth-order valence-electron chi connectivity index (χ4n) is 3.66. The SMILES string of the molecule is O=C(Nc1ncccn1)C1CCC/C(=C\c2cccc(Oc3ccc(C(F)(F)F)cn3)c2)C1. The Morgan fingerprint density at radius 2 is 1.91 bits per heavy atom. The number of pyridine rings is 1. The zero-order valence-corrected chi connectivity index (χ0v) is 17.5. The molecule has 4 rings (SSSR count). The maximum Gasteiger partial charge on any atom is 0.417 e. The Morgan fingerprint density at radius 3 is 2.64 bits per heavy atom. The largest absolute Gasteiger partial charge is 0.439 e. The number of alkyl halides is 3. The van der Waals surface area contributed by atoms with Crippen LogP contribution in [0.4, 0.5) is 19.1 Å². The highest BCUT2D eigenvalue weighted by Crippen LogP contribution is 2.32. The second-order valence-electron chi connectivity index (χ2n) is 7.71. The number of hydrogen-bond donors (Lipinski definition) is 1. The standard InChI is InChI=1S/C24H21F3N4O2/c25-24(26,27)19-8-9-21(30-15-19)33-20-7-2-5-17(14-20)12-16-4-1-6-18(13-16)22(32)31-23-28-10-3-11-29-23/h2-3,5,7-12,14-15,18H,1,4,6,13H2,(H,28,29,31,32)/b16-12+. The molecule has 0 bridgehead atoms. The van der Waals surface area contributed by atoms with Gasteiger partial charge in [-0.3, -0.25) is 10.1 Å². The van der Waals surface area contributed by atoms with E-state index in [1.165, 1.54) is 6.07 Å². The van der Waals surface area contributed by atoms with E-state index in [0.717, 1.165) is 42.7 Å². The van der Waals surface area contributed by atoms with Crippen LogP contribution in [0.2, 0.25) is 0 Å². The quantitative estimate of drug-likeness (QED) is 0.520. The van der Waals surface area contributed by atoms with Gasteiger partial charge in [-0.1, -0.05) is 23.8 Å². The highest BCUT2D eigenvalue weighted by Gasteiger charge is 2.30. The fraction of sp³-hybridized carbons (Fsp3) is 0.250. The average molecular weight is 454 g/mol. The zero-order chi connectivity index (χ0) is 23.3. The monoisotopic (exact) mass is 454 g/mol. The van der Waals surface area contributed by atoms with Gasteiger partial charge in [0.05, 0.1) is 5.56 Å². The molecule has 170 valence electrons. The van der Waals surface area contributed by atoms with Crippen LogP contribution in [0, 0.1) is 5.92 Å². The summed E-state index contributed by atoms with van der Waals surface area (Å²) in [6.07, 6.45) is 4.67. The normalized spacial score (nSPS) is 17.5. The molecule has 2 aromatic heterocycles. The topological polar surface area (TPSA) is 77.0 Å². The molecule has 0 radical (unpaired) electrons. The van der Waals surface area contributed by atoms with Crippen molar-refractivity contribution in [1.82, 2.24) is 15.0 Å². The van der Waals surface area contributed by atoms with Crippen LogP contribution in [0.3, 0.4) is 0 Å². The van der Waals surface area contributed by atoms with E-state index >= 15 is 0 Å². The summed E-state index contributed by atoms with van der Waals surface area (Å²) in [4.78, 5) is 24.4. The first kappa shape index (κ1) is 22.4. The molecule has 1 aliphatic rings. The molecule has 3 aromatic rings. The summed E-state index contributed by atoms with van der Waals surface area (Å²) in [7, 11) is 0. The second-order valence-corrected chi connectivity index (χ2v) is 7.71. The molecule has 1 saturated carbocycles. The van der Waals surface area contributed by atoms with Crippen molar-refractivity contribution in [3.63, 3.8) is 0 Å². The Balaban J connectivity index is 1.41. The van der Waals surface area contributed by atoms with Gasteiger partial charge in [0.25, 0.3) is 0 Å². The molecule has 1 unspecified atom stereocenters. The molecule has 1 amide bonds. The first-order valence-electron chi connectivity index (χ1n) is 10.5. The van der Waals surface area contributed by atoms with Gasteiger partial charge in [-0.2, -0.15) is 13.2 Å². The van der Waals surface area contributed by atoms with Gasteiger partial charge in [0.1, 0.15) is 5.75 Å². The van der Waals surface area contributed by atoms with Crippen molar-refractivity contribution in [3.8, 4) is 11.6 Å². The lowest BCUT2D eigenvalue weighted by atomic mass is 9.84. The van der Waals surface area contributed by atoms with E-state index in [2.05, 4.69) is 20.3 Å². The third-order valence-corrected chi connectivity index (χ3v) is 5.25. The molecule has 9 heteroatoms. The van der Waals surface area contributed by atoms with Crippen LogP contribution in [0.1, 0.15) is 36.8 Å². The highest BCUT2D eigenvalue weighted by atomic mass is 19.4. The number of nitrogens with one attached hydrogen (secondary N) is 1. The van der Waals surface area contributed by atoms with Crippen LogP contribution in [-0.2, 0) is 11.0 Å². The number of anilines is 1. The van der Waals surface area contributed by atoms with Gasteiger partial charge in [0.2, 0.25) is 17.7 Å². The molecule has 0 saturated heterocycles. The van der Waals surface area contributed by atoms with Gasteiger partial charge < -0.3 is 4.74 Å². The van der Waals surface area contributed by atoms with E-state index in [-0.39, 0.29) is 17.7 Å². The van der Waals surface area contributed by atoms with Crippen molar-refractivity contribution >= 4 is 17.9 Å². The summed E-state index contributed by atoms with van der Waals surface area (Å²) in [5.74, 6) is 0.565. The van der Waals surface area contributed by atoms with Crippen LogP contribution in [0.15, 0.2) is 66.6 Å². The summed E-state index contributed by atoms with van der Waals surface area (Å²) < 4.78 is 43.7. The second kappa shape index (κ2) is 9.81. The minimum absolute atomic E-state index is 0.0744. The van der Waals surface area contributed by atoms with Crippen LogP contribution in [0.5, 0.6) is 11.6 Å². The number of carbonyl (C=O) groups is 1. The zero-order valence-electron chi connectivity index (χ0n) is 17.5. The summed E-state index contributed by atoms with van der Waals surface area (Å²) in [5, 5.41) is 2.76. The van der Waals surface area contributed by atoms with Gasteiger partial charge in [0.15, 0.2) is 0 Å². The van der Waals surface area contributed by atoms with Crippen LogP contribution < -0.4 is 10.1 Å². The number of rotatable bonds is 5. The maximum absolute atomic E-state index is 12.7.